The number of nitrogens with two attached hydrogens (primary N) is 1. The summed E-state index contributed by atoms with van der Waals surface area (Å²) in [6.07, 6.45) is 1.75. The molecule has 5 nitrogen and oxygen atoms in total. The van der Waals surface area contributed by atoms with E-state index < -0.39 is 0 Å². The second-order valence-corrected chi connectivity index (χ2v) is 4.29. The van der Waals surface area contributed by atoms with Gasteiger partial charge in [-0.3, -0.25) is 9.36 Å². The molecule has 1 saturated heterocycles. The van der Waals surface area contributed by atoms with Crippen LogP contribution in [0.15, 0.2) is 10.9 Å². The highest BCUT2D eigenvalue weighted by atomic mass is 16.1. The Hall–Kier alpha value is -1.36. The van der Waals surface area contributed by atoms with Crippen molar-refractivity contribution >= 4 is 5.95 Å². The van der Waals surface area contributed by atoms with Gasteiger partial charge in [0.15, 0.2) is 0 Å². The van der Waals surface area contributed by atoms with E-state index in [4.69, 9.17) is 5.73 Å². The normalized spacial score (nSPS) is 20.4. The van der Waals surface area contributed by atoms with E-state index in [1.54, 1.807) is 17.7 Å². The summed E-state index contributed by atoms with van der Waals surface area (Å²) in [5.74, 6) is 0.748. The van der Waals surface area contributed by atoms with Crippen molar-refractivity contribution in [1.29, 1.82) is 0 Å². The number of nitrogens with zero attached hydrogens (tertiary/aromatic N) is 3. The van der Waals surface area contributed by atoms with Crippen molar-refractivity contribution in [2.45, 2.75) is 25.8 Å². The summed E-state index contributed by atoms with van der Waals surface area (Å²) in [6, 6.07) is 1.79. The molecule has 0 saturated carbocycles. The summed E-state index contributed by atoms with van der Waals surface area (Å²) in [6.45, 7) is 3.67. The second-order valence-electron chi connectivity index (χ2n) is 4.29. The zero-order chi connectivity index (χ0) is 11.7. The molecule has 1 atom stereocenters. The zero-order valence-electron chi connectivity index (χ0n) is 9.81. The van der Waals surface area contributed by atoms with Gasteiger partial charge < -0.3 is 10.6 Å². The molecular formula is C11H18N4O. The van der Waals surface area contributed by atoms with E-state index in [2.05, 4.69) is 9.88 Å². The Morgan fingerprint density at radius 2 is 2.38 bits per heavy atom. The summed E-state index contributed by atoms with van der Waals surface area (Å²) in [4.78, 5) is 18.3. The molecule has 5 heteroatoms. The van der Waals surface area contributed by atoms with E-state index >= 15 is 0 Å². The quantitative estimate of drug-likeness (QED) is 0.757. The molecule has 1 unspecified atom stereocenters. The minimum Gasteiger partial charge on any atom is -0.341 e. The molecule has 2 N–H and O–H groups in total. The molecule has 0 spiro atoms. The van der Waals surface area contributed by atoms with Crippen molar-refractivity contribution in [3.8, 4) is 0 Å². The monoisotopic (exact) mass is 222 g/mol. The highest BCUT2D eigenvalue weighted by Crippen LogP contribution is 2.15. The topological polar surface area (TPSA) is 64.2 Å². The minimum absolute atomic E-state index is 0.00215. The van der Waals surface area contributed by atoms with E-state index in [0.717, 1.165) is 37.6 Å². The maximum atomic E-state index is 11.7. The van der Waals surface area contributed by atoms with Gasteiger partial charge in [0.25, 0.3) is 5.56 Å². The van der Waals surface area contributed by atoms with Gasteiger partial charge in [-0.25, -0.2) is 4.98 Å². The predicted molar refractivity (Wildman–Crippen MR) is 63.7 cm³/mol. The summed E-state index contributed by atoms with van der Waals surface area (Å²) in [5, 5.41) is 0. The summed E-state index contributed by atoms with van der Waals surface area (Å²) in [5.41, 5.74) is 6.71. The van der Waals surface area contributed by atoms with Crippen molar-refractivity contribution in [3.05, 3.63) is 22.1 Å². The highest BCUT2D eigenvalue weighted by molar-refractivity contribution is 5.34. The first kappa shape index (κ1) is 11.1. The van der Waals surface area contributed by atoms with Crippen LogP contribution >= 0.6 is 0 Å². The van der Waals surface area contributed by atoms with Crippen LogP contribution in [-0.4, -0.2) is 28.7 Å². The SMILES string of the molecule is CCc1cc(=O)n(C)c(N2CCC(N)C2)n1. The molecule has 1 aromatic heterocycles. The minimum atomic E-state index is 0.00215. The van der Waals surface area contributed by atoms with Crippen LogP contribution in [0.3, 0.4) is 0 Å². The fourth-order valence-corrected chi connectivity index (χ4v) is 2.01. The molecular weight excluding hydrogens is 204 g/mol. The highest BCUT2D eigenvalue weighted by Gasteiger charge is 2.22. The van der Waals surface area contributed by atoms with E-state index in [1.807, 2.05) is 6.92 Å². The van der Waals surface area contributed by atoms with Crippen LogP contribution in [0.5, 0.6) is 0 Å². The molecule has 0 aromatic carbocycles. The number of aryl methyl sites for hydroxylation is 1. The predicted octanol–water partition coefficient (Wildman–Crippen LogP) is -0.120. The molecule has 0 amide bonds. The molecule has 1 aliphatic heterocycles. The third kappa shape index (κ3) is 1.95. The van der Waals surface area contributed by atoms with Gasteiger partial charge in [0.1, 0.15) is 0 Å². The van der Waals surface area contributed by atoms with Crippen molar-refractivity contribution in [1.82, 2.24) is 9.55 Å². The third-order valence-corrected chi connectivity index (χ3v) is 3.03. The lowest BCUT2D eigenvalue weighted by Gasteiger charge is -2.19. The van der Waals surface area contributed by atoms with Gasteiger partial charge in [-0.1, -0.05) is 6.92 Å². The van der Waals surface area contributed by atoms with E-state index in [0.29, 0.717) is 0 Å². The molecule has 1 aliphatic rings. The fraction of sp³-hybridized carbons (Fsp3) is 0.636. The number of aromatic nitrogens is 2. The molecule has 0 bridgehead atoms. The molecule has 1 aromatic rings. The fourth-order valence-electron chi connectivity index (χ4n) is 2.01. The van der Waals surface area contributed by atoms with Crippen molar-refractivity contribution in [2.24, 2.45) is 12.8 Å². The van der Waals surface area contributed by atoms with Gasteiger partial charge in [0.05, 0.1) is 0 Å². The lowest BCUT2D eigenvalue weighted by Crippen LogP contribution is -2.32. The largest absolute Gasteiger partial charge is 0.341 e. The van der Waals surface area contributed by atoms with Gasteiger partial charge in [0, 0.05) is 37.9 Å². The van der Waals surface area contributed by atoms with Gasteiger partial charge in [-0.2, -0.15) is 0 Å². The molecule has 0 radical (unpaired) electrons. The van der Waals surface area contributed by atoms with Crippen molar-refractivity contribution in [3.63, 3.8) is 0 Å². The summed E-state index contributed by atoms with van der Waals surface area (Å²) < 4.78 is 1.59. The lowest BCUT2D eigenvalue weighted by molar-refractivity contribution is 0.730. The Bertz CT molecular complexity index is 440. The van der Waals surface area contributed by atoms with E-state index in [9.17, 15) is 4.79 Å². The average molecular weight is 222 g/mol. The Morgan fingerprint density at radius 3 is 2.94 bits per heavy atom. The first-order valence-corrected chi connectivity index (χ1v) is 5.69. The second kappa shape index (κ2) is 4.25. The molecule has 16 heavy (non-hydrogen) atoms. The first-order valence-electron chi connectivity index (χ1n) is 5.69. The van der Waals surface area contributed by atoms with Gasteiger partial charge in [-0.15, -0.1) is 0 Å². The molecule has 2 heterocycles. The summed E-state index contributed by atoms with van der Waals surface area (Å²) in [7, 11) is 1.76. The third-order valence-electron chi connectivity index (χ3n) is 3.03. The Labute approximate surface area is 94.9 Å². The zero-order valence-corrected chi connectivity index (χ0v) is 9.81. The van der Waals surface area contributed by atoms with Crippen LogP contribution in [0.1, 0.15) is 19.0 Å². The summed E-state index contributed by atoms with van der Waals surface area (Å²) >= 11 is 0. The van der Waals surface area contributed by atoms with Crippen LogP contribution in [0.25, 0.3) is 0 Å². The Kier molecular flexibility index (Phi) is 2.96. The lowest BCUT2D eigenvalue weighted by atomic mass is 10.3. The molecule has 0 aliphatic carbocycles. The number of hydrogen-bond donors (Lipinski definition) is 1. The standard InChI is InChI=1S/C11H18N4O/c1-3-9-6-10(16)14(2)11(13-9)15-5-4-8(12)7-15/h6,8H,3-5,7,12H2,1-2H3. The van der Waals surface area contributed by atoms with Gasteiger partial charge in [0.2, 0.25) is 5.95 Å². The van der Waals surface area contributed by atoms with Gasteiger partial charge >= 0.3 is 0 Å². The van der Waals surface area contributed by atoms with Crippen LogP contribution in [0.2, 0.25) is 0 Å². The van der Waals surface area contributed by atoms with Gasteiger partial charge in [-0.05, 0) is 12.8 Å². The molecule has 1 fully saturated rings. The van der Waals surface area contributed by atoms with Crippen molar-refractivity contribution < 1.29 is 0 Å². The van der Waals surface area contributed by atoms with E-state index in [1.165, 1.54) is 0 Å². The maximum Gasteiger partial charge on any atom is 0.254 e. The Morgan fingerprint density at radius 1 is 1.62 bits per heavy atom. The van der Waals surface area contributed by atoms with Crippen molar-refractivity contribution in [2.75, 3.05) is 18.0 Å². The maximum absolute atomic E-state index is 11.7. The smallest absolute Gasteiger partial charge is 0.254 e. The molecule has 88 valence electrons. The van der Waals surface area contributed by atoms with Crippen LogP contribution in [0, 0.1) is 0 Å². The first-order chi connectivity index (χ1) is 7.61. The number of rotatable bonds is 2. The molecule has 2 rings (SSSR count). The average Bonchev–Trinajstić information content (AvgIpc) is 2.68. The van der Waals surface area contributed by atoms with Crippen LogP contribution < -0.4 is 16.2 Å². The number of anilines is 1. The Balaban J connectivity index is 2.39. The van der Waals surface area contributed by atoms with Crippen LogP contribution in [-0.2, 0) is 13.5 Å². The van der Waals surface area contributed by atoms with Crippen LogP contribution in [0.4, 0.5) is 5.95 Å². The van der Waals surface area contributed by atoms with E-state index in [-0.39, 0.29) is 11.6 Å². The number of hydrogen-bond acceptors (Lipinski definition) is 4.